The van der Waals surface area contributed by atoms with E-state index >= 15 is 0 Å². The summed E-state index contributed by atoms with van der Waals surface area (Å²) in [6.07, 6.45) is 0.179. The van der Waals surface area contributed by atoms with Crippen molar-refractivity contribution < 1.29 is 14.3 Å². The summed E-state index contributed by atoms with van der Waals surface area (Å²) in [7, 11) is 1.31. The lowest BCUT2D eigenvalue weighted by molar-refractivity contribution is -0.118. The average molecular weight is 271 g/mol. The minimum Gasteiger partial charge on any atom is -0.465 e. The molecule has 0 aliphatic rings. The second-order valence-electron chi connectivity index (χ2n) is 3.90. The Bertz CT molecular complexity index is 463. The van der Waals surface area contributed by atoms with E-state index in [1.807, 2.05) is 0 Å². The van der Waals surface area contributed by atoms with Gasteiger partial charge >= 0.3 is 5.97 Å². The van der Waals surface area contributed by atoms with Crippen LogP contribution >= 0.6 is 11.6 Å². The largest absolute Gasteiger partial charge is 0.465 e. The highest BCUT2D eigenvalue weighted by Crippen LogP contribution is 2.24. The van der Waals surface area contributed by atoms with E-state index in [4.69, 9.17) is 17.3 Å². The molecule has 0 radical (unpaired) electrons. The number of esters is 1. The Balaban J connectivity index is 2.87. The zero-order valence-corrected chi connectivity index (χ0v) is 11.0. The second kappa shape index (κ2) is 6.26. The van der Waals surface area contributed by atoms with Crippen LogP contribution in [0.3, 0.4) is 0 Å². The third kappa shape index (κ3) is 3.92. The number of nitrogens with two attached hydrogens (primary N) is 1. The lowest BCUT2D eigenvalue weighted by Gasteiger charge is -2.15. The molecular formula is C12H15ClN2O3. The Labute approximate surface area is 110 Å². The minimum atomic E-state index is -0.447. The van der Waals surface area contributed by atoms with Crippen LogP contribution in [0, 0.1) is 0 Å². The predicted octanol–water partition coefficient (Wildman–Crippen LogP) is 1.80. The Morgan fingerprint density at radius 3 is 2.72 bits per heavy atom. The van der Waals surface area contributed by atoms with Gasteiger partial charge < -0.3 is 15.8 Å². The van der Waals surface area contributed by atoms with Crippen LogP contribution in [-0.2, 0) is 9.53 Å². The molecule has 0 bridgehead atoms. The first-order valence-electron chi connectivity index (χ1n) is 5.36. The fourth-order valence-electron chi connectivity index (χ4n) is 1.50. The van der Waals surface area contributed by atoms with Gasteiger partial charge in [0.15, 0.2) is 0 Å². The molecule has 6 heteroatoms. The molecule has 1 amide bonds. The molecule has 1 aromatic rings. The number of hydrogen-bond acceptors (Lipinski definition) is 4. The minimum absolute atomic E-state index is 0.173. The Kier molecular flexibility index (Phi) is 4.97. The summed E-state index contributed by atoms with van der Waals surface area (Å²) in [6, 6.07) is 4.56. The van der Waals surface area contributed by atoms with Crippen molar-refractivity contribution >= 4 is 29.2 Å². The number of anilines is 1. The summed E-state index contributed by atoms with van der Waals surface area (Å²) >= 11 is 5.99. The van der Waals surface area contributed by atoms with Crippen molar-refractivity contribution in [1.29, 1.82) is 0 Å². The van der Waals surface area contributed by atoms with E-state index in [0.717, 1.165) is 0 Å². The molecule has 0 saturated carbocycles. The van der Waals surface area contributed by atoms with Gasteiger partial charge in [-0.1, -0.05) is 11.6 Å². The fourth-order valence-corrected chi connectivity index (χ4v) is 1.67. The quantitative estimate of drug-likeness (QED) is 0.800. The smallest absolute Gasteiger partial charge is 0.337 e. The van der Waals surface area contributed by atoms with Crippen LogP contribution in [0.4, 0.5) is 5.69 Å². The molecule has 0 saturated heterocycles. The highest BCUT2D eigenvalue weighted by molar-refractivity contribution is 6.33. The molecule has 18 heavy (non-hydrogen) atoms. The van der Waals surface area contributed by atoms with E-state index in [9.17, 15) is 9.59 Å². The highest BCUT2D eigenvalue weighted by atomic mass is 35.5. The van der Waals surface area contributed by atoms with Gasteiger partial charge in [0.1, 0.15) is 0 Å². The summed E-state index contributed by atoms with van der Waals surface area (Å²) in [5, 5.41) is 3.48. The molecule has 98 valence electrons. The van der Waals surface area contributed by atoms with Crippen molar-refractivity contribution in [2.24, 2.45) is 5.73 Å². The Morgan fingerprint density at radius 2 is 2.17 bits per heavy atom. The lowest BCUT2D eigenvalue weighted by Crippen LogP contribution is -2.24. The number of halogens is 1. The topological polar surface area (TPSA) is 81.4 Å². The SMILES string of the molecule is COC(=O)c1ccc(Cl)c(NC(C)CC(N)=O)c1. The summed E-state index contributed by atoms with van der Waals surface area (Å²) in [5.41, 5.74) is 6.05. The second-order valence-corrected chi connectivity index (χ2v) is 4.31. The number of methoxy groups -OCH3 is 1. The number of amides is 1. The first-order valence-corrected chi connectivity index (χ1v) is 5.74. The van der Waals surface area contributed by atoms with Crippen LogP contribution in [0.2, 0.25) is 5.02 Å². The average Bonchev–Trinajstić information content (AvgIpc) is 2.30. The summed E-state index contributed by atoms with van der Waals surface area (Å²) in [6.45, 7) is 1.80. The first-order chi connectivity index (χ1) is 8.43. The third-order valence-electron chi connectivity index (χ3n) is 2.30. The van der Waals surface area contributed by atoms with Crippen molar-refractivity contribution in [2.75, 3.05) is 12.4 Å². The van der Waals surface area contributed by atoms with Crippen LogP contribution < -0.4 is 11.1 Å². The van der Waals surface area contributed by atoms with E-state index in [-0.39, 0.29) is 12.5 Å². The van der Waals surface area contributed by atoms with Crippen LogP contribution in [0.5, 0.6) is 0 Å². The molecule has 0 aromatic heterocycles. The molecule has 0 spiro atoms. The highest BCUT2D eigenvalue weighted by Gasteiger charge is 2.12. The Hall–Kier alpha value is -1.75. The number of carbonyl (C=O) groups excluding carboxylic acids is 2. The number of carbonyl (C=O) groups is 2. The number of hydrogen-bond donors (Lipinski definition) is 2. The summed E-state index contributed by atoms with van der Waals surface area (Å²) < 4.78 is 4.62. The van der Waals surface area contributed by atoms with E-state index in [1.54, 1.807) is 25.1 Å². The monoisotopic (exact) mass is 270 g/mol. The molecule has 0 fully saturated rings. The van der Waals surface area contributed by atoms with Crippen molar-refractivity contribution in [3.05, 3.63) is 28.8 Å². The molecule has 1 aromatic carbocycles. The van der Waals surface area contributed by atoms with E-state index in [1.165, 1.54) is 7.11 Å². The maximum absolute atomic E-state index is 11.4. The van der Waals surface area contributed by atoms with Gasteiger partial charge in [-0.3, -0.25) is 4.79 Å². The third-order valence-corrected chi connectivity index (χ3v) is 2.63. The van der Waals surface area contributed by atoms with Gasteiger partial charge in [0.2, 0.25) is 5.91 Å². The molecule has 5 nitrogen and oxygen atoms in total. The number of nitrogens with one attached hydrogen (secondary N) is 1. The van der Waals surface area contributed by atoms with Crippen LogP contribution in [0.25, 0.3) is 0 Å². The molecule has 3 N–H and O–H groups in total. The maximum Gasteiger partial charge on any atom is 0.337 e. The van der Waals surface area contributed by atoms with Gasteiger partial charge in [-0.2, -0.15) is 0 Å². The van der Waals surface area contributed by atoms with E-state index in [0.29, 0.717) is 16.3 Å². The standard InChI is InChI=1S/C12H15ClN2O3/c1-7(5-11(14)16)15-10-6-8(12(17)18-2)3-4-9(10)13/h3-4,6-7,15H,5H2,1-2H3,(H2,14,16). The first kappa shape index (κ1) is 14.3. The van der Waals surface area contributed by atoms with Gasteiger partial charge in [0.05, 0.1) is 23.4 Å². The van der Waals surface area contributed by atoms with Crippen LogP contribution in [0.15, 0.2) is 18.2 Å². The number of benzene rings is 1. The van der Waals surface area contributed by atoms with Crippen molar-refractivity contribution in [1.82, 2.24) is 0 Å². The van der Waals surface area contributed by atoms with Crippen LogP contribution in [0.1, 0.15) is 23.7 Å². The molecule has 0 aliphatic carbocycles. The van der Waals surface area contributed by atoms with Gasteiger partial charge in [-0.05, 0) is 25.1 Å². The van der Waals surface area contributed by atoms with Crippen molar-refractivity contribution in [2.45, 2.75) is 19.4 Å². The van der Waals surface area contributed by atoms with Gasteiger partial charge in [0.25, 0.3) is 0 Å². The van der Waals surface area contributed by atoms with E-state index in [2.05, 4.69) is 10.1 Å². The van der Waals surface area contributed by atoms with Crippen molar-refractivity contribution in [3.8, 4) is 0 Å². The summed E-state index contributed by atoms with van der Waals surface area (Å²) in [5.74, 6) is -0.854. The Morgan fingerprint density at radius 1 is 1.50 bits per heavy atom. The van der Waals surface area contributed by atoms with Gasteiger partial charge in [0, 0.05) is 12.5 Å². The molecule has 1 rings (SSSR count). The number of primary amides is 1. The summed E-state index contributed by atoms with van der Waals surface area (Å²) in [4.78, 5) is 22.2. The van der Waals surface area contributed by atoms with Gasteiger partial charge in [-0.15, -0.1) is 0 Å². The lowest BCUT2D eigenvalue weighted by atomic mass is 10.1. The van der Waals surface area contributed by atoms with Gasteiger partial charge in [-0.25, -0.2) is 4.79 Å². The van der Waals surface area contributed by atoms with Crippen LogP contribution in [-0.4, -0.2) is 25.0 Å². The number of ether oxygens (including phenoxy) is 1. The molecule has 0 heterocycles. The number of rotatable bonds is 5. The molecule has 1 unspecified atom stereocenters. The molecule has 0 aliphatic heterocycles. The van der Waals surface area contributed by atoms with Crippen molar-refractivity contribution in [3.63, 3.8) is 0 Å². The fraction of sp³-hybridized carbons (Fsp3) is 0.333. The molecular weight excluding hydrogens is 256 g/mol. The molecule has 1 atom stereocenters. The predicted molar refractivity (Wildman–Crippen MR) is 69.7 cm³/mol. The zero-order valence-electron chi connectivity index (χ0n) is 10.2. The normalized spacial score (nSPS) is 11.7. The zero-order chi connectivity index (χ0) is 13.7. The maximum atomic E-state index is 11.4. The van der Waals surface area contributed by atoms with E-state index < -0.39 is 11.9 Å².